The molecular formula is C15H23BrN2O4S2. The zero-order chi connectivity index (χ0) is 17.7. The molecule has 1 aliphatic rings. The number of halogens is 1. The Bertz CT molecular complexity index is 654. The van der Waals surface area contributed by atoms with Gasteiger partial charge in [0.05, 0.1) is 10.4 Å². The summed E-state index contributed by atoms with van der Waals surface area (Å²) >= 11 is 4.52. The molecule has 0 radical (unpaired) electrons. The molecule has 1 aliphatic heterocycles. The predicted molar refractivity (Wildman–Crippen MR) is 97.6 cm³/mol. The summed E-state index contributed by atoms with van der Waals surface area (Å²) in [6, 6.07) is 3.37. The smallest absolute Gasteiger partial charge is 0.252 e. The number of hydrogen-bond acceptors (Lipinski definition) is 5. The molecule has 2 heterocycles. The third kappa shape index (κ3) is 4.78. The first-order valence-corrected chi connectivity index (χ1v) is 10.9. The average Bonchev–Trinajstić information content (AvgIpc) is 3.01. The van der Waals surface area contributed by atoms with Crippen molar-refractivity contribution in [2.45, 2.75) is 24.0 Å². The number of sulfonamides is 1. The fraction of sp³-hybridized carbons (Fsp3) is 0.667. The largest absolute Gasteiger partial charge is 0.383 e. The number of nitrogens with one attached hydrogen (secondary N) is 1. The molecule has 1 atom stereocenters. The quantitative estimate of drug-likeness (QED) is 0.662. The molecule has 0 aliphatic carbocycles. The Kier molecular flexibility index (Phi) is 7.23. The van der Waals surface area contributed by atoms with Gasteiger partial charge in [0.2, 0.25) is 5.91 Å². The van der Waals surface area contributed by atoms with Gasteiger partial charge in [-0.25, -0.2) is 8.42 Å². The second-order valence-electron chi connectivity index (χ2n) is 5.87. The van der Waals surface area contributed by atoms with E-state index in [1.807, 2.05) is 6.92 Å². The van der Waals surface area contributed by atoms with E-state index in [-0.39, 0.29) is 17.7 Å². The Morgan fingerprint density at radius 2 is 2.12 bits per heavy atom. The lowest BCUT2D eigenvalue weighted by Gasteiger charge is -2.33. The standard InChI is InChI=1S/C15H23BrN2O4S2/c1-11(15(19)17-7-10-22-2)12-5-8-18(9-6-12)24(20,21)14-4-3-13(16)23-14/h3-4,11-12H,5-10H2,1-2H3,(H,17,19). The number of piperidine rings is 1. The molecule has 1 amide bonds. The molecule has 1 aromatic heterocycles. The molecule has 136 valence electrons. The van der Waals surface area contributed by atoms with Crippen molar-refractivity contribution in [1.29, 1.82) is 0 Å². The van der Waals surface area contributed by atoms with Crippen molar-refractivity contribution < 1.29 is 17.9 Å². The SMILES string of the molecule is COCCNC(=O)C(C)C1CCN(S(=O)(=O)c2ccc(Br)s2)CC1. The minimum absolute atomic E-state index is 0.00976. The summed E-state index contributed by atoms with van der Waals surface area (Å²) < 4.78 is 32.8. The van der Waals surface area contributed by atoms with Gasteiger partial charge in [0.1, 0.15) is 4.21 Å². The lowest BCUT2D eigenvalue weighted by molar-refractivity contribution is -0.126. The Morgan fingerprint density at radius 1 is 1.46 bits per heavy atom. The minimum atomic E-state index is -3.42. The molecule has 2 rings (SSSR count). The first kappa shape index (κ1) is 19.8. The van der Waals surface area contributed by atoms with E-state index in [1.54, 1.807) is 19.2 Å². The van der Waals surface area contributed by atoms with Crippen LogP contribution < -0.4 is 5.32 Å². The molecule has 0 aromatic carbocycles. The second-order valence-corrected chi connectivity index (χ2v) is 10.5. The number of nitrogens with zero attached hydrogens (tertiary/aromatic N) is 1. The first-order valence-electron chi connectivity index (χ1n) is 7.88. The molecular weight excluding hydrogens is 416 g/mol. The van der Waals surface area contributed by atoms with Crippen molar-refractivity contribution in [3.63, 3.8) is 0 Å². The van der Waals surface area contributed by atoms with Gasteiger partial charge in [0, 0.05) is 32.7 Å². The molecule has 9 heteroatoms. The highest BCUT2D eigenvalue weighted by Crippen LogP contribution is 2.32. The van der Waals surface area contributed by atoms with E-state index in [0.717, 1.165) is 3.79 Å². The van der Waals surface area contributed by atoms with Gasteiger partial charge in [0.25, 0.3) is 10.0 Å². The van der Waals surface area contributed by atoms with Crippen LogP contribution in [0.3, 0.4) is 0 Å². The zero-order valence-electron chi connectivity index (χ0n) is 13.8. The van der Waals surface area contributed by atoms with Crippen LogP contribution in [0.2, 0.25) is 0 Å². The zero-order valence-corrected chi connectivity index (χ0v) is 17.0. The number of methoxy groups -OCH3 is 1. The van der Waals surface area contributed by atoms with Crippen molar-refractivity contribution in [3.05, 3.63) is 15.9 Å². The van der Waals surface area contributed by atoms with E-state index >= 15 is 0 Å². The molecule has 0 saturated carbocycles. The van der Waals surface area contributed by atoms with Gasteiger partial charge in [-0.05, 0) is 46.8 Å². The normalized spacial score (nSPS) is 18.5. The number of ether oxygens (including phenoxy) is 1. The number of rotatable bonds is 7. The van der Waals surface area contributed by atoms with Crippen molar-refractivity contribution in [1.82, 2.24) is 9.62 Å². The van der Waals surface area contributed by atoms with Gasteiger partial charge < -0.3 is 10.1 Å². The summed E-state index contributed by atoms with van der Waals surface area (Å²) in [5.74, 6) is 0.0900. The monoisotopic (exact) mass is 438 g/mol. The van der Waals surface area contributed by atoms with Crippen molar-refractivity contribution >= 4 is 43.2 Å². The van der Waals surface area contributed by atoms with Gasteiger partial charge in [-0.2, -0.15) is 4.31 Å². The molecule has 0 spiro atoms. The molecule has 0 bridgehead atoms. The molecule has 1 fully saturated rings. The topological polar surface area (TPSA) is 75.7 Å². The lowest BCUT2D eigenvalue weighted by Crippen LogP contribution is -2.42. The highest BCUT2D eigenvalue weighted by atomic mass is 79.9. The Balaban J connectivity index is 1.90. The summed E-state index contributed by atoms with van der Waals surface area (Å²) in [7, 11) is -1.83. The van der Waals surface area contributed by atoms with Crippen molar-refractivity contribution in [2.24, 2.45) is 11.8 Å². The van der Waals surface area contributed by atoms with Crippen LogP contribution in [0.5, 0.6) is 0 Å². The van der Waals surface area contributed by atoms with Crippen molar-refractivity contribution in [3.8, 4) is 0 Å². The number of hydrogen-bond donors (Lipinski definition) is 1. The highest BCUT2D eigenvalue weighted by Gasteiger charge is 2.33. The number of carbonyl (C=O) groups is 1. The third-order valence-electron chi connectivity index (χ3n) is 4.37. The van der Waals surface area contributed by atoms with Crippen LogP contribution in [0, 0.1) is 11.8 Å². The van der Waals surface area contributed by atoms with Crippen LogP contribution in [-0.4, -0.2) is 52.0 Å². The van der Waals surface area contributed by atoms with Gasteiger partial charge in [-0.3, -0.25) is 4.79 Å². The third-order valence-corrected chi connectivity index (χ3v) is 8.36. The molecule has 6 nitrogen and oxygen atoms in total. The van der Waals surface area contributed by atoms with E-state index in [1.165, 1.54) is 15.6 Å². The summed E-state index contributed by atoms with van der Waals surface area (Å²) in [5.41, 5.74) is 0. The molecule has 1 saturated heterocycles. The maximum absolute atomic E-state index is 12.6. The van der Waals surface area contributed by atoms with Crippen LogP contribution in [0.25, 0.3) is 0 Å². The van der Waals surface area contributed by atoms with Crippen LogP contribution >= 0.6 is 27.3 Å². The van der Waals surface area contributed by atoms with Gasteiger partial charge >= 0.3 is 0 Å². The van der Waals surface area contributed by atoms with Gasteiger partial charge in [-0.15, -0.1) is 11.3 Å². The highest BCUT2D eigenvalue weighted by molar-refractivity contribution is 9.11. The van der Waals surface area contributed by atoms with Gasteiger partial charge in [0.15, 0.2) is 0 Å². The van der Waals surface area contributed by atoms with E-state index in [2.05, 4.69) is 21.2 Å². The summed E-state index contributed by atoms with van der Waals surface area (Å²) in [5, 5.41) is 2.85. The summed E-state index contributed by atoms with van der Waals surface area (Å²) in [6.07, 6.45) is 1.40. The summed E-state index contributed by atoms with van der Waals surface area (Å²) in [6.45, 7) is 3.81. The Labute approximate surface area is 155 Å². The van der Waals surface area contributed by atoms with Crippen LogP contribution in [0.4, 0.5) is 0 Å². The lowest BCUT2D eigenvalue weighted by atomic mass is 9.85. The number of carbonyl (C=O) groups excluding carboxylic acids is 1. The fourth-order valence-electron chi connectivity index (χ4n) is 2.83. The maximum Gasteiger partial charge on any atom is 0.252 e. The van der Waals surface area contributed by atoms with Crippen LogP contribution in [0.15, 0.2) is 20.1 Å². The molecule has 1 aromatic rings. The van der Waals surface area contributed by atoms with E-state index in [4.69, 9.17) is 4.74 Å². The fourth-order valence-corrected chi connectivity index (χ4v) is 6.47. The van der Waals surface area contributed by atoms with Crippen LogP contribution in [-0.2, 0) is 19.6 Å². The van der Waals surface area contributed by atoms with Gasteiger partial charge in [-0.1, -0.05) is 6.92 Å². The minimum Gasteiger partial charge on any atom is -0.383 e. The van der Waals surface area contributed by atoms with Crippen LogP contribution in [0.1, 0.15) is 19.8 Å². The van der Waals surface area contributed by atoms with E-state index < -0.39 is 10.0 Å². The Hall–Kier alpha value is -0.480. The summed E-state index contributed by atoms with van der Waals surface area (Å²) in [4.78, 5) is 12.1. The molecule has 1 N–H and O–H groups in total. The number of amides is 1. The average molecular weight is 439 g/mol. The van der Waals surface area contributed by atoms with E-state index in [9.17, 15) is 13.2 Å². The number of thiophene rings is 1. The Morgan fingerprint density at radius 3 is 2.67 bits per heavy atom. The predicted octanol–water partition coefficient (Wildman–Crippen LogP) is 2.31. The van der Waals surface area contributed by atoms with Crippen molar-refractivity contribution in [2.75, 3.05) is 33.4 Å². The maximum atomic E-state index is 12.6. The second kappa shape index (κ2) is 8.75. The first-order chi connectivity index (χ1) is 11.4. The molecule has 24 heavy (non-hydrogen) atoms. The molecule has 1 unspecified atom stereocenters. The van der Waals surface area contributed by atoms with E-state index in [0.29, 0.717) is 43.3 Å².